The molecule has 0 saturated carbocycles. The van der Waals surface area contributed by atoms with Crippen LogP contribution in [-0.4, -0.2) is 41.4 Å². The molecule has 0 aliphatic rings. The van der Waals surface area contributed by atoms with Crippen LogP contribution < -0.4 is 0 Å². The number of nitrogens with zero attached hydrogens (tertiary/aromatic N) is 3. The smallest absolute Gasteiger partial charge is 0.153 e. The molecule has 5 heteroatoms. The molecule has 1 aromatic carbocycles. The molecule has 1 rings (SSSR count). The zero-order valence-corrected chi connectivity index (χ0v) is 10.5. The van der Waals surface area contributed by atoms with Crippen molar-refractivity contribution in [2.24, 2.45) is 0 Å². The van der Waals surface area contributed by atoms with Crippen LogP contribution in [0.2, 0.25) is 0 Å². The van der Waals surface area contributed by atoms with Crippen LogP contribution in [0.5, 0.6) is 0 Å². The van der Waals surface area contributed by atoms with Crippen LogP contribution >= 0.6 is 0 Å². The number of hydrogen-bond acceptors (Lipinski definition) is 5. The van der Waals surface area contributed by atoms with E-state index in [0.29, 0.717) is 11.3 Å². The first kappa shape index (κ1) is 14.7. The van der Waals surface area contributed by atoms with Crippen molar-refractivity contribution in [3.63, 3.8) is 0 Å². The van der Waals surface area contributed by atoms with Gasteiger partial charge in [0.2, 0.25) is 0 Å². The Balaban J connectivity index is 3.32. The highest BCUT2D eigenvalue weighted by Gasteiger charge is 2.16. The minimum atomic E-state index is -0.125. The highest BCUT2D eigenvalue weighted by Crippen LogP contribution is 2.22. The standard InChI is InChI=1S/C14H15N3O2/c15-10-13(11-16)14(12-4-2-1-3-5-12)17(6-8-18)7-9-19/h1-5,18-19H,6-9H2. The van der Waals surface area contributed by atoms with Gasteiger partial charge in [0.25, 0.3) is 0 Å². The molecule has 1 aromatic rings. The Kier molecular flexibility index (Phi) is 6.11. The van der Waals surface area contributed by atoms with Crippen molar-refractivity contribution in [2.75, 3.05) is 26.3 Å². The third-order valence-electron chi connectivity index (χ3n) is 2.56. The molecule has 98 valence electrons. The first-order valence-corrected chi connectivity index (χ1v) is 5.85. The van der Waals surface area contributed by atoms with E-state index in [4.69, 9.17) is 20.7 Å². The minimum Gasteiger partial charge on any atom is -0.395 e. The second-order valence-electron chi connectivity index (χ2n) is 3.75. The van der Waals surface area contributed by atoms with Crippen LogP contribution in [0.15, 0.2) is 35.9 Å². The predicted octanol–water partition coefficient (Wildman–Crippen LogP) is 0.731. The number of rotatable bonds is 6. The molecule has 0 spiro atoms. The molecule has 0 unspecified atom stereocenters. The Morgan fingerprint density at radius 3 is 1.95 bits per heavy atom. The van der Waals surface area contributed by atoms with Crippen molar-refractivity contribution in [3.8, 4) is 12.1 Å². The quantitative estimate of drug-likeness (QED) is 0.733. The van der Waals surface area contributed by atoms with E-state index in [-0.39, 0.29) is 31.9 Å². The van der Waals surface area contributed by atoms with Gasteiger partial charge < -0.3 is 15.1 Å². The van der Waals surface area contributed by atoms with Crippen molar-refractivity contribution in [2.45, 2.75) is 0 Å². The van der Waals surface area contributed by atoms with E-state index in [1.54, 1.807) is 29.2 Å². The van der Waals surface area contributed by atoms with Crippen molar-refractivity contribution in [1.29, 1.82) is 10.5 Å². The van der Waals surface area contributed by atoms with Gasteiger partial charge in [0.15, 0.2) is 5.57 Å². The Hall–Kier alpha value is -2.34. The molecule has 0 atom stereocenters. The molecular weight excluding hydrogens is 242 g/mol. The molecule has 0 radical (unpaired) electrons. The lowest BCUT2D eigenvalue weighted by Gasteiger charge is -2.26. The Morgan fingerprint density at radius 2 is 1.53 bits per heavy atom. The third kappa shape index (κ3) is 3.82. The normalized spacial score (nSPS) is 9.26. The number of aliphatic hydroxyl groups is 2. The maximum Gasteiger partial charge on any atom is 0.153 e. The van der Waals surface area contributed by atoms with Gasteiger partial charge in [-0.3, -0.25) is 0 Å². The van der Waals surface area contributed by atoms with Gasteiger partial charge in [0.1, 0.15) is 12.1 Å². The molecular formula is C14H15N3O2. The van der Waals surface area contributed by atoms with Crippen molar-refractivity contribution < 1.29 is 10.2 Å². The zero-order chi connectivity index (χ0) is 14.1. The Morgan fingerprint density at radius 1 is 1.00 bits per heavy atom. The lowest BCUT2D eigenvalue weighted by molar-refractivity contribution is 0.205. The summed E-state index contributed by atoms with van der Waals surface area (Å²) >= 11 is 0. The predicted molar refractivity (Wildman–Crippen MR) is 70.3 cm³/mol. The molecule has 0 amide bonds. The SMILES string of the molecule is N#CC(C#N)=C(c1ccccc1)N(CCO)CCO. The van der Waals surface area contributed by atoms with Gasteiger partial charge in [-0.05, 0) is 5.56 Å². The van der Waals surface area contributed by atoms with E-state index in [1.165, 1.54) is 0 Å². The molecule has 0 bridgehead atoms. The van der Waals surface area contributed by atoms with Gasteiger partial charge >= 0.3 is 0 Å². The number of aliphatic hydroxyl groups excluding tert-OH is 2. The molecule has 2 N–H and O–H groups in total. The van der Waals surface area contributed by atoms with Gasteiger partial charge in [-0.2, -0.15) is 10.5 Å². The molecule has 0 heterocycles. The van der Waals surface area contributed by atoms with E-state index in [1.807, 2.05) is 18.2 Å². The maximum atomic E-state index is 9.07. The van der Waals surface area contributed by atoms with E-state index in [9.17, 15) is 0 Å². The Bertz CT molecular complexity index is 490. The molecule has 19 heavy (non-hydrogen) atoms. The maximum absolute atomic E-state index is 9.07. The van der Waals surface area contributed by atoms with Crippen molar-refractivity contribution in [3.05, 3.63) is 41.5 Å². The topological polar surface area (TPSA) is 91.3 Å². The molecule has 0 aliphatic heterocycles. The van der Waals surface area contributed by atoms with Gasteiger partial charge in [0.05, 0.1) is 18.9 Å². The molecule has 0 aromatic heterocycles. The summed E-state index contributed by atoms with van der Waals surface area (Å²) in [6, 6.07) is 12.7. The molecule has 5 nitrogen and oxygen atoms in total. The molecule has 0 saturated heterocycles. The lowest BCUT2D eigenvalue weighted by Crippen LogP contribution is -2.29. The summed E-state index contributed by atoms with van der Waals surface area (Å²) in [5.41, 5.74) is 1.12. The third-order valence-corrected chi connectivity index (χ3v) is 2.56. The summed E-state index contributed by atoms with van der Waals surface area (Å²) < 4.78 is 0. The number of nitriles is 2. The highest BCUT2D eigenvalue weighted by molar-refractivity contribution is 5.74. The minimum absolute atomic E-state index is 0.0342. The van der Waals surface area contributed by atoms with Gasteiger partial charge in [-0.25, -0.2) is 0 Å². The van der Waals surface area contributed by atoms with E-state index in [0.717, 1.165) is 0 Å². The largest absolute Gasteiger partial charge is 0.395 e. The summed E-state index contributed by atoms with van der Waals surface area (Å²) in [5.74, 6) is 0. The average Bonchev–Trinajstić information content (AvgIpc) is 2.45. The van der Waals surface area contributed by atoms with E-state index in [2.05, 4.69) is 0 Å². The number of allylic oxidation sites excluding steroid dienone is 1. The highest BCUT2D eigenvalue weighted by atomic mass is 16.3. The van der Waals surface area contributed by atoms with Gasteiger partial charge in [-0.15, -0.1) is 0 Å². The van der Waals surface area contributed by atoms with Crippen LogP contribution in [0, 0.1) is 22.7 Å². The summed E-state index contributed by atoms with van der Waals surface area (Å²) in [6.07, 6.45) is 0. The Labute approximate surface area is 112 Å². The second kappa shape index (κ2) is 7.88. The van der Waals surface area contributed by atoms with Crippen LogP contribution in [0.1, 0.15) is 5.56 Å². The summed E-state index contributed by atoms with van der Waals surface area (Å²) in [5, 5.41) is 36.3. The van der Waals surface area contributed by atoms with Crippen LogP contribution in [0.3, 0.4) is 0 Å². The molecule has 0 fully saturated rings. The number of hydrogen-bond donors (Lipinski definition) is 2. The van der Waals surface area contributed by atoms with Crippen LogP contribution in [-0.2, 0) is 0 Å². The van der Waals surface area contributed by atoms with Gasteiger partial charge in [-0.1, -0.05) is 30.3 Å². The average molecular weight is 257 g/mol. The summed E-state index contributed by atoms with van der Waals surface area (Å²) in [7, 11) is 0. The lowest BCUT2D eigenvalue weighted by atomic mass is 10.1. The summed E-state index contributed by atoms with van der Waals surface area (Å²) in [6.45, 7) is 0.246. The van der Waals surface area contributed by atoms with Crippen molar-refractivity contribution >= 4 is 5.70 Å². The van der Waals surface area contributed by atoms with Gasteiger partial charge in [0, 0.05) is 13.1 Å². The fourth-order valence-corrected chi connectivity index (χ4v) is 1.79. The summed E-state index contributed by atoms with van der Waals surface area (Å²) in [4.78, 5) is 1.64. The first-order chi connectivity index (χ1) is 9.28. The van der Waals surface area contributed by atoms with Crippen LogP contribution in [0.4, 0.5) is 0 Å². The zero-order valence-electron chi connectivity index (χ0n) is 10.5. The van der Waals surface area contributed by atoms with E-state index < -0.39 is 0 Å². The number of benzene rings is 1. The second-order valence-corrected chi connectivity index (χ2v) is 3.75. The van der Waals surface area contributed by atoms with Crippen LogP contribution in [0.25, 0.3) is 5.70 Å². The fraction of sp³-hybridized carbons (Fsp3) is 0.286. The van der Waals surface area contributed by atoms with Crippen molar-refractivity contribution in [1.82, 2.24) is 4.90 Å². The first-order valence-electron chi connectivity index (χ1n) is 5.85. The van der Waals surface area contributed by atoms with E-state index >= 15 is 0 Å². The fourth-order valence-electron chi connectivity index (χ4n) is 1.79. The monoisotopic (exact) mass is 257 g/mol. The molecule has 0 aliphatic carbocycles.